The fourth-order valence-corrected chi connectivity index (χ4v) is 5.86. The first-order chi connectivity index (χ1) is 13.3. The number of hydrogen-bond acceptors (Lipinski definition) is 5. The first-order valence-corrected chi connectivity index (χ1v) is 11.4. The van der Waals surface area contributed by atoms with Crippen LogP contribution in [0.25, 0.3) is 0 Å². The standard InChI is InChI=1S/C19H29N3O5S/c1-21-13-15(12-17(21)19(24)27-2)28(25,26)22-11-7-10-16(22)18(23)20-14-8-5-3-4-6-9-14/h12-14,16H,3-11H2,1-2H3,(H,20,23)/t16-/m1/s1. The van der Waals surface area contributed by atoms with Crippen LogP contribution in [0.5, 0.6) is 0 Å². The molecule has 0 radical (unpaired) electrons. The number of amides is 1. The summed E-state index contributed by atoms with van der Waals surface area (Å²) in [4.78, 5) is 24.7. The Hall–Kier alpha value is -1.87. The number of aromatic nitrogens is 1. The Morgan fingerprint density at radius 1 is 1.11 bits per heavy atom. The largest absolute Gasteiger partial charge is 0.464 e. The minimum Gasteiger partial charge on any atom is -0.464 e. The fourth-order valence-electron chi connectivity index (χ4n) is 4.13. The quantitative estimate of drug-likeness (QED) is 0.589. The summed E-state index contributed by atoms with van der Waals surface area (Å²) in [6.45, 7) is 0.299. The Bertz CT molecular complexity index is 825. The second-order valence-electron chi connectivity index (χ2n) is 7.63. The summed E-state index contributed by atoms with van der Waals surface area (Å²) in [5.41, 5.74) is 0.153. The predicted octanol–water partition coefficient (Wildman–Crippen LogP) is 1.80. The van der Waals surface area contributed by atoms with Crippen LogP contribution in [-0.4, -0.2) is 54.9 Å². The van der Waals surface area contributed by atoms with E-state index in [4.69, 9.17) is 4.74 Å². The van der Waals surface area contributed by atoms with E-state index < -0.39 is 22.0 Å². The Kier molecular flexibility index (Phi) is 6.44. The molecule has 1 N–H and O–H groups in total. The third kappa shape index (κ3) is 4.25. The Morgan fingerprint density at radius 3 is 2.43 bits per heavy atom. The number of sulfonamides is 1. The third-order valence-electron chi connectivity index (χ3n) is 5.69. The maximum absolute atomic E-state index is 13.2. The van der Waals surface area contributed by atoms with Crippen LogP contribution in [0.15, 0.2) is 17.2 Å². The monoisotopic (exact) mass is 411 g/mol. The summed E-state index contributed by atoms with van der Waals surface area (Å²) in [5, 5.41) is 3.07. The molecular weight excluding hydrogens is 382 g/mol. The van der Waals surface area contributed by atoms with Crippen molar-refractivity contribution in [2.75, 3.05) is 13.7 Å². The molecule has 1 aliphatic carbocycles. The summed E-state index contributed by atoms with van der Waals surface area (Å²) < 4.78 is 33.7. The molecule has 1 saturated heterocycles. The Labute approximate surface area is 166 Å². The van der Waals surface area contributed by atoms with E-state index in [1.54, 1.807) is 7.05 Å². The van der Waals surface area contributed by atoms with E-state index in [-0.39, 0.29) is 22.5 Å². The molecule has 0 unspecified atom stereocenters. The average molecular weight is 412 g/mol. The van der Waals surface area contributed by atoms with Crippen LogP contribution in [0.3, 0.4) is 0 Å². The SMILES string of the molecule is COC(=O)c1cc(S(=O)(=O)N2CCC[C@@H]2C(=O)NC2CCCCCC2)cn1C. The van der Waals surface area contributed by atoms with Gasteiger partial charge in [0.1, 0.15) is 16.6 Å². The number of methoxy groups -OCH3 is 1. The maximum Gasteiger partial charge on any atom is 0.354 e. The van der Waals surface area contributed by atoms with Gasteiger partial charge in [0.2, 0.25) is 15.9 Å². The van der Waals surface area contributed by atoms with Crippen molar-refractivity contribution in [1.29, 1.82) is 0 Å². The predicted molar refractivity (Wildman–Crippen MR) is 103 cm³/mol. The summed E-state index contributed by atoms with van der Waals surface area (Å²) in [6, 6.07) is 0.734. The van der Waals surface area contributed by atoms with Crippen LogP contribution in [0.4, 0.5) is 0 Å². The van der Waals surface area contributed by atoms with E-state index in [9.17, 15) is 18.0 Å². The first kappa shape index (κ1) is 20.9. The van der Waals surface area contributed by atoms with E-state index in [1.807, 2.05) is 0 Å². The summed E-state index contributed by atoms with van der Waals surface area (Å²) in [5.74, 6) is -0.815. The molecule has 1 atom stereocenters. The lowest BCUT2D eigenvalue weighted by molar-refractivity contribution is -0.125. The zero-order chi connectivity index (χ0) is 20.3. The van der Waals surface area contributed by atoms with E-state index in [0.717, 1.165) is 25.7 Å². The smallest absolute Gasteiger partial charge is 0.354 e. The van der Waals surface area contributed by atoms with Gasteiger partial charge in [-0.05, 0) is 31.7 Å². The van der Waals surface area contributed by atoms with E-state index >= 15 is 0 Å². The van der Waals surface area contributed by atoms with Gasteiger partial charge in [0.25, 0.3) is 0 Å². The summed E-state index contributed by atoms with van der Waals surface area (Å²) in [7, 11) is -1.04. The number of nitrogens with zero attached hydrogens (tertiary/aromatic N) is 2. The summed E-state index contributed by atoms with van der Waals surface area (Å²) in [6.07, 6.45) is 9.00. The second kappa shape index (κ2) is 8.65. The molecule has 9 heteroatoms. The Balaban J connectivity index is 1.77. The van der Waals surface area contributed by atoms with Gasteiger partial charge in [-0.1, -0.05) is 25.7 Å². The highest BCUT2D eigenvalue weighted by Crippen LogP contribution is 2.28. The number of nitrogens with one attached hydrogen (secondary N) is 1. The average Bonchev–Trinajstić information content (AvgIpc) is 3.24. The van der Waals surface area contributed by atoms with Gasteiger partial charge >= 0.3 is 5.97 Å². The topological polar surface area (TPSA) is 97.7 Å². The molecule has 28 heavy (non-hydrogen) atoms. The van der Waals surface area contributed by atoms with E-state index in [0.29, 0.717) is 19.4 Å². The zero-order valence-corrected chi connectivity index (χ0v) is 17.3. The van der Waals surface area contributed by atoms with Crippen molar-refractivity contribution in [3.05, 3.63) is 18.0 Å². The van der Waals surface area contributed by atoms with Crippen LogP contribution >= 0.6 is 0 Å². The number of ether oxygens (including phenoxy) is 1. The molecule has 1 amide bonds. The molecule has 0 bridgehead atoms. The highest BCUT2D eigenvalue weighted by molar-refractivity contribution is 7.89. The zero-order valence-electron chi connectivity index (χ0n) is 16.5. The van der Waals surface area contributed by atoms with Crippen LogP contribution < -0.4 is 5.32 Å². The minimum atomic E-state index is -3.88. The molecule has 2 fully saturated rings. The van der Waals surface area contributed by atoms with Crippen molar-refractivity contribution < 1.29 is 22.7 Å². The molecule has 1 aromatic heterocycles. The van der Waals surface area contributed by atoms with E-state index in [2.05, 4.69) is 5.32 Å². The number of rotatable bonds is 5. The molecule has 156 valence electrons. The minimum absolute atomic E-state index is 0.00423. The molecule has 8 nitrogen and oxygen atoms in total. The van der Waals surface area contributed by atoms with Gasteiger partial charge < -0.3 is 14.6 Å². The normalized spacial score (nSPS) is 22.0. The molecule has 1 saturated carbocycles. The number of esters is 1. The maximum atomic E-state index is 13.2. The first-order valence-electron chi connectivity index (χ1n) is 9.91. The molecular formula is C19H29N3O5S. The van der Waals surface area contributed by atoms with Crippen molar-refractivity contribution >= 4 is 21.9 Å². The van der Waals surface area contributed by atoms with Gasteiger partial charge in [0, 0.05) is 25.8 Å². The molecule has 3 rings (SSSR count). The lowest BCUT2D eigenvalue weighted by atomic mass is 10.1. The number of hydrogen-bond donors (Lipinski definition) is 1. The number of aryl methyl sites for hydroxylation is 1. The van der Waals surface area contributed by atoms with Gasteiger partial charge in [0.15, 0.2) is 0 Å². The lowest BCUT2D eigenvalue weighted by Gasteiger charge is -2.25. The van der Waals surface area contributed by atoms with Crippen molar-refractivity contribution in [3.63, 3.8) is 0 Å². The molecule has 0 aromatic carbocycles. The van der Waals surface area contributed by atoms with Crippen molar-refractivity contribution in [2.45, 2.75) is 68.3 Å². The van der Waals surface area contributed by atoms with Gasteiger partial charge in [-0.25, -0.2) is 13.2 Å². The van der Waals surface area contributed by atoms with Gasteiger partial charge in [-0.3, -0.25) is 4.79 Å². The molecule has 1 aliphatic heterocycles. The second-order valence-corrected chi connectivity index (χ2v) is 9.52. The fraction of sp³-hybridized carbons (Fsp3) is 0.684. The Morgan fingerprint density at radius 2 is 1.79 bits per heavy atom. The van der Waals surface area contributed by atoms with Crippen molar-refractivity contribution in [2.24, 2.45) is 7.05 Å². The van der Waals surface area contributed by atoms with Crippen LogP contribution in [-0.2, 0) is 26.6 Å². The molecule has 2 aliphatic rings. The molecule has 0 spiro atoms. The third-order valence-corrected chi connectivity index (χ3v) is 7.56. The number of carbonyl (C=O) groups is 2. The molecule has 2 heterocycles. The molecule has 1 aromatic rings. The van der Waals surface area contributed by atoms with Crippen molar-refractivity contribution in [1.82, 2.24) is 14.2 Å². The van der Waals surface area contributed by atoms with Crippen LogP contribution in [0.1, 0.15) is 61.9 Å². The van der Waals surface area contributed by atoms with Gasteiger partial charge in [0.05, 0.1) is 7.11 Å². The van der Waals surface area contributed by atoms with Crippen LogP contribution in [0, 0.1) is 0 Å². The lowest BCUT2D eigenvalue weighted by Crippen LogP contribution is -2.48. The highest BCUT2D eigenvalue weighted by Gasteiger charge is 2.40. The van der Waals surface area contributed by atoms with Crippen LogP contribution in [0.2, 0.25) is 0 Å². The van der Waals surface area contributed by atoms with Gasteiger partial charge in [-0.15, -0.1) is 0 Å². The summed E-state index contributed by atoms with van der Waals surface area (Å²) >= 11 is 0. The highest BCUT2D eigenvalue weighted by atomic mass is 32.2. The van der Waals surface area contributed by atoms with E-state index in [1.165, 1.54) is 41.1 Å². The van der Waals surface area contributed by atoms with Gasteiger partial charge in [-0.2, -0.15) is 4.31 Å². The number of carbonyl (C=O) groups excluding carboxylic acids is 2. The van der Waals surface area contributed by atoms with Crippen molar-refractivity contribution in [3.8, 4) is 0 Å².